The number of allylic oxidation sites excluding steroid dienone is 2. The van der Waals surface area contributed by atoms with Gasteiger partial charge in [0, 0.05) is 17.4 Å². The molecule has 0 aromatic heterocycles. The van der Waals surface area contributed by atoms with Gasteiger partial charge < -0.3 is 9.84 Å². The van der Waals surface area contributed by atoms with Gasteiger partial charge in [0.1, 0.15) is 17.1 Å². The van der Waals surface area contributed by atoms with Crippen LogP contribution in [0.2, 0.25) is 0 Å². The molecule has 0 radical (unpaired) electrons. The molecule has 2 nitrogen and oxygen atoms in total. The number of phenols is 1. The maximum absolute atomic E-state index is 11.2. The lowest BCUT2D eigenvalue weighted by Gasteiger charge is -2.46. The number of hydrogen-bond acceptors (Lipinski definition) is 2. The van der Waals surface area contributed by atoms with Crippen molar-refractivity contribution in [3.63, 3.8) is 0 Å². The molecule has 2 aliphatic rings. The van der Waals surface area contributed by atoms with Crippen LogP contribution in [0.25, 0.3) is 0 Å². The molecular weight excluding hydrogens is 308 g/mol. The number of phenolic OH excluding ortho intramolecular Hbond substituents is 1. The molecule has 1 aromatic carbocycles. The van der Waals surface area contributed by atoms with E-state index >= 15 is 0 Å². The van der Waals surface area contributed by atoms with E-state index in [-0.39, 0.29) is 11.5 Å². The first-order valence-electron chi connectivity index (χ1n) is 10.1. The van der Waals surface area contributed by atoms with Crippen molar-refractivity contribution in [2.75, 3.05) is 0 Å². The number of aromatic hydroxyl groups is 1. The summed E-state index contributed by atoms with van der Waals surface area (Å²) in [6, 6.07) is 2.24. The first-order chi connectivity index (χ1) is 11.9. The summed E-state index contributed by atoms with van der Waals surface area (Å²) >= 11 is 0. The highest BCUT2D eigenvalue weighted by molar-refractivity contribution is 5.58. The fourth-order valence-corrected chi connectivity index (χ4v) is 4.84. The summed E-state index contributed by atoms with van der Waals surface area (Å²) in [4.78, 5) is 0. The van der Waals surface area contributed by atoms with Gasteiger partial charge in [0.05, 0.1) is 0 Å². The smallest absolute Gasteiger partial charge is 0.127 e. The molecule has 0 saturated carbocycles. The second-order valence-corrected chi connectivity index (χ2v) is 8.47. The number of benzene rings is 1. The van der Waals surface area contributed by atoms with Crippen molar-refractivity contribution in [3.05, 3.63) is 34.4 Å². The minimum atomic E-state index is -0.185. The molecule has 2 heteroatoms. The monoisotopic (exact) mass is 342 g/mol. The van der Waals surface area contributed by atoms with E-state index in [2.05, 4.69) is 46.8 Å². The molecule has 1 aliphatic carbocycles. The van der Waals surface area contributed by atoms with Gasteiger partial charge in [0.15, 0.2) is 0 Å². The Morgan fingerprint density at radius 1 is 1.24 bits per heavy atom. The normalized spacial score (nSPS) is 24.1. The lowest BCUT2D eigenvalue weighted by atomic mass is 9.67. The topological polar surface area (TPSA) is 29.5 Å². The van der Waals surface area contributed by atoms with Gasteiger partial charge in [0.2, 0.25) is 0 Å². The van der Waals surface area contributed by atoms with Crippen LogP contribution >= 0.6 is 0 Å². The fraction of sp³-hybridized carbons (Fsp3) is 0.652. The molecule has 1 heterocycles. The Morgan fingerprint density at radius 2 is 2.00 bits per heavy atom. The average Bonchev–Trinajstić information content (AvgIpc) is 2.54. The van der Waals surface area contributed by atoms with Gasteiger partial charge in [-0.25, -0.2) is 0 Å². The van der Waals surface area contributed by atoms with E-state index in [0.717, 1.165) is 42.6 Å². The Hall–Kier alpha value is -1.44. The summed E-state index contributed by atoms with van der Waals surface area (Å²) in [5.41, 5.74) is 4.70. The first-order valence-corrected chi connectivity index (χ1v) is 10.1. The van der Waals surface area contributed by atoms with E-state index < -0.39 is 0 Å². The molecule has 2 atom stereocenters. The number of hydrogen-bond donors (Lipinski definition) is 1. The fourth-order valence-electron chi connectivity index (χ4n) is 4.84. The van der Waals surface area contributed by atoms with Crippen LogP contribution in [0.15, 0.2) is 17.7 Å². The number of ether oxygens (including phenoxy) is 1. The van der Waals surface area contributed by atoms with Crippen LogP contribution in [-0.4, -0.2) is 10.7 Å². The summed E-state index contributed by atoms with van der Waals surface area (Å²) < 4.78 is 6.46. The molecule has 138 valence electrons. The summed E-state index contributed by atoms with van der Waals surface area (Å²) in [6.07, 6.45) is 10.2. The highest BCUT2D eigenvalue weighted by Crippen LogP contribution is 2.54. The zero-order chi connectivity index (χ0) is 18.2. The number of fused-ring (bicyclic) bond motifs is 3. The van der Waals surface area contributed by atoms with E-state index in [4.69, 9.17) is 4.74 Å². The van der Waals surface area contributed by atoms with Gasteiger partial charge in [-0.3, -0.25) is 0 Å². The third-order valence-corrected chi connectivity index (χ3v) is 6.25. The first kappa shape index (κ1) is 18.4. The second-order valence-electron chi connectivity index (χ2n) is 8.47. The molecule has 0 unspecified atom stereocenters. The molecule has 0 saturated heterocycles. The molecule has 25 heavy (non-hydrogen) atoms. The number of rotatable bonds is 5. The Bertz CT molecular complexity index is 669. The van der Waals surface area contributed by atoms with Gasteiger partial charge in [-0.2, -0.15) is 0 Å². The van der Waals surface area contributed by atoms with Crippen molar-refractivity contribution >= 4 is 0 Å². The van der Waals surface area contributed by atoms with Crippen LogP contribution < -0.4 is 4.74 Å². The Balaban J connectivity index is 2.10. The maximum atomic E-state index is 11.2. The van der Waals surface area contributed by atoms with Crippen LogP contribution in [0.4, 0.5) is 0 Å². The van der Waals surface area contributed by atoms with Gasteiger partial charge in [0.25, 0.3) is 0 Å². The van der Waals surface area contributed by atoms with Crippen LogP contribution in [0.3, 0.4) is 0 Å². The molecule has 0 spiro atoms. The molecular formula is C23H34O2. The van der Waals surface area contributed by atoms with Crippen molar-refractivity contribution in [3.8, 4) is 11.5 Å². The van der Waals surface area contributed by atoms with E-state index in [1.807, 2.05) is 0 Å². The molecule has 0 amide bonds. The second kappa shape index (κ2) is 7.05. The van der Waals surface area contributed by atoms with Gasteiger partial charge in [-0.05, 0) is 70.1 Å². The van der Waals surface area contributed by atoms with E-state index in [1.165, 1.54) is 30.4 Å². The molecule has 1 N–H and O–H groups in total. The minimum Gasteiger partial charge on any atom is -0.507 e. The van der Waals surface area contributed by atoms with Crippen LogP contribution in [0.5, 0.6) is 11.5 Å². The Kier molecular flexibility index (Phi) is 5.18. The van der Waals surface area contributed by atoms with Crippen molar-refractivity contribution < 1.29 is 9.84 Å². The minimum absolute atomic E-state index is 0.185. The standard InChI is InChI=1S/C23H34O2/c1-6-8-9-10-16-14-20-21(22(24)17(16)7-2)18-13-15(3)11-12-19(18)23(4,5)25-20/h13-14,18-19,24H,6-12H2,1-5H3/t18-,19-/m1/s1. The lowest BCUT2D eigenvalue weighted by molar-refractivity contribution is 0.0106. The molecule has 1 aromatic rings. The van der Waals surface area contributed by atoms with Crippen molar-refractivity contribution in [1.29, 1.82) is 0 Å². The SMILES string of the molecule is CCCCCc1cc2c(c(O)c1CC)[C@@H]1C=C(C)CC[C@H]1C(C)(C)O2. The number of aryl methyl sites for hydroxylation is 1. The zero-order valence-corrected chi connectivity index (χ0v) is 16.6. The summed E-state index contributed by atoms with van der Waals surface area (Å²) in [5, 5.41) is 11.2. The molecule has 0 fully saturated rings. The van der Waals surface area contributed by atoms with Gasteiger partial charge >= 0.3 is 0 Å². The van der Waals surface area contributed by atoms with Gasteiger partial charge in [-0.1, -0.05) is 38.3 Å². The van der Waals surface area contributed by atoms with Crippen molar-refractivity contribution in [1.82, 2.24) is 0 Å². The largest absolute Gasteiger partial charge is 0.507 e. The maximum Gasteiger partial charge on any atom is 0.127 e. The third kappa shape index (κ3) is 3.32. The predicted octanol–water partition coefficient (Wildman–Crippen LogP) is 6.30. The lowest BCUT2D eigenvalue weighted by Crippen LogP contribution is -2.45. The Morgan fingerprint density at radius 3 is 2.68 bits per heavy atom. The predicted molar refractivity (Wildman–Crippen MR) is 105 cm³/mol. The van der Waals surface area contributed by atoms with E-state index in [0.29, 0.717) is 11.7 Å². The number of unbranched alkanes of at least 4 members (excludes halogenated alkanes) is 2. The van der Waals surface area contributed by atoms with Crippen molar-refractivity contribution in [2.24, 2.45) is 5.92 Å². The molecule has 0 bridgehead atoms. The summed E-state index contributed by atoms with van der Waals surface area (Å²) in [7, 11) is 0. The van der Waals surface area contributed by atoms with Gasteiger partial charge in [-0.15, -0.1) is 0 Å². The summed E-state index contributed by atoms with van der Waals surface area (Å²) in [5.74, 6) is 2.13. The Labute approximate surface area is 153 Å². The van der Waals surface area contributed by atoms with Crippen molar-refractivity contribution in [2.45, 2.75) is 91.1 Å². The van der Waals surface area contributed by atoms with Crippen LogP contribution in [0, 0.1) is 5.92 Å². The third-order valence-electron chi connectivity index (χ3n) is 6.25. The van der Waals surface area contributed by atoms with E-state index in [9.17, 15) is 5.11 Å². The van der Waals surface area contributed by atoms with Crippen LogP contribution in [-0.2, 0) is 12.8 Å². The molecule has 3 rings (SSSR count). The summed E-state index contributed by atoms with van der Waals surface area (Å²) in [6.45, 7) is 11.0. The average molecular weight is 343 g/mol. The van der Waals surface area contributed by atoms with Crippen LogP contribution in [0.1, 0.15) is 89.3 Å². The highest BCUT2D eigenvalue weighted by atomic mass is 16.5. The quantitative estimate of drug-likeness (QED) is 0.503. The van der Waals surface area contributed by atoms with E-state index in [1.54, 1.807) is 0 Å². The molecule has 1 aliphatic heterocycles. The zero-order valence-electron chi connectivity index (χ0n) is 16.6. The highest BCUT2D eigenvalue weighted by Gasteiger charge is 2.45.